The molecule has 1 aliphatic heterocycles. The molecule has 6 nitrogen and oxygen atoms in total. The summed E-state index contributed by atoms with van der Waals surface area (Å²) in [5, 5.41) is 11.7. The topological polar surface area (TPSA) is 84.9 Å². The van der Waals surface area contributed by atoms with Crippen molar-refractivity contribution in [2.24, 2.45) is 0 Å². The van der Waals surface area contributed by atoms with Crippen molar-refractivity contribution >= 4 is 11.9 Å². The van der Waals surface area contributed by atoms with Crippen molar-refractivity contribution in [1.82, 2.24) is 5.32 Å². The highest BCUT2D eigenvalue weighted by atomic mass is 16.5. The van der Waals surface area contributed by atoms with Gasteiger partial charge >= 0.3 is 5.97 Å². The smallest absolute Gasteiger partial charge is 0.341 e. The summed E-state index contributed by atoms with van der Waals surface area (Å²) in [5.74, 6) is -0.684. The molecule has 2 rings (SSSR count). The molecule has 1 saturated heterocycles. The Bertz CT molecular complexity index is 600. The third kappa shape index (κ3) is 4.45. The molecule has 0 radical (unpaired) electrons. The van der Waals surface area contributed by atoms with Gasteiger partial charge in [-0.15, -0.1) is 0 Å². The molecular formula is C17H23NO5. The van der Waals surface area contributed by atoms with Gasteiger partial charge in [0.05, 0.1) is 18.2 Å². The molecule has 1 aromatic rings. The molecular weight excluding hydrogens is 298 g/mol. The molecule has 0 aromatic heterocycles. The molecule has 1 heterocycles. The monoisotopic (exact) mass is 321 g/mol. The van der Waals surface area contributed by atoms with Gasteiger partial charge < -0.3 is 19.9 Å². The SMILES string of the molecule is Cc1cc(C(=O)NC2COC(C)(C)C2)cc(C)c1OCC(=O)O. The Morgan fingerprint density at radius 2 is 1.96 bits per heavy atom. The normalized spacial score (nSPS) is 19.4. The number of carbonyl (C=O) groups is 2. The van der Waals surface area contributed by atoms with Gasteiger partial charge in [-0.25, -0.2) is 4.79 Å². The lowest BCUT2D eigenvalue weighted by Crippen LogP contribution is -2.35. The van der Waals surface area contributed by atoms with Crippen LogP contribution in [0.5, 0.6) is 5.75 Å². The molecule has 1 aromatic carbocycles. The Morgan fingerprint density at radius 3 is 2.43 bits per heavy atom. The van der Waals surface area contributed by atoms with Gasteiger partial charge in [0, 0.05) is 5.56 Å². The van der Waals surface area contributed by atoms with E-state index in [4.69, 9.17) is 14.6 Å². The van der Waals surface area contributed by atoms with E-state index in [1.54, 1.807) is 26.0 Å². The number of amides is 1. The molecule has 0 saturated carbocycles. The van der Waals surface area contributed by atoms with Gasteiger partial charge in [0.2, 0.25) is 0 Å². The van der Waals surface area contributed by atoms with E-state index in [0.29, 0.717) is 17.9 Å². The van der Waals surface area contributed by atoms with Crippen molar-refractivity contribution in [3.8, 4) is 5.75 Å². The molecule has 1 amide bonds. The number of nitrogens with one attached hydrogen (secondary N) is 1. The zero-order valence-electron chi connectivity index (χ0n) is 13.9. The summed E-state index contributed by atoms with van der Waals surface area (Å²) in [5.41, 5.74) is 1.80. The molecule has 2 N–H and O–H groups in total. The maximum absolute atomic E-state index is 12.4. The Hall–Kier alpha value is -2.08. The van der Waals surface area contributed by atoms with Crippen LogP contribution < -0.4 is 10.1 Å². The number of aliphatic carboxylic acids is 1. The molecule has 23 heavy (non-hydrogen) atoms. The molecule has 1 atom stereocenters. The fourth-order valence-corrected chi connectivity index (χ4v) is 2.84. The van der Waals surface area contributed by atoms with Gasteiger partial charge in [0.1, 0.15) is 5.75 Å². The predicted molar refractivity (Wildman–Crippen MR) is 84.9 cm³/mol. The zero-order valence-corrected chi connectivity index (χ0v) is 13.9. The van der Waals surface area contributed by atoms with E-state index >= 15 is 0 Å². The Labute approximate surface area is 135 Å². The third-order valence-corrected chi connectivity index (χ3v) is 3.81. The second-order valence-corrected chi connectivity index (χ2v) is 6.57. The maximum atomic E-state index is 12.4. The van der Waals surface area contributed by atoms with Crippen LogP contribution in [0.1, 0.15) is 41.8 Å². The van der Waals surface area contributed by atoms with Crippen LogP contribution in [0.3, 0.4) is 0 Å². The van der Waals surface area contributed by atoms with E-state index in [9.17, 15) is 9.59 Å². The van der Waals surface area contributed by atoms with E-state index in [1.165, 1.54) is 0 Å². The summed E-state index contributed by atoms with van der Waals surface area (Å²) in [6.45, 7) is 7.70. The highest BCUT2D eigenvalue weighted by Crippen LogP contribution is 2.27. The standard InChI is InChI=1S/C17H23NO5/c1-10-5-12(6-11(2)15(10)22-9-14(19)20)16(21)18-13-7-17(3,4)23-8-13/h5-6,13H,7-9H2,1-4H3,(H,18,21)(H,19,20). The third-order valence-electron chi connectivity index (χ3n) is 3.81. The number of hydrogen-bond donors (Lipinski definition) is 2. The van der Waals surface area contributed by atoms with Crippen LogP contribution in [-0.2, 0) is 9.53 Å². The number of carbonyl (C=O) groups excluding carboxylic acids is 1. The average molecular weight is 321 g/mol. The van der Waals surface area contributed by atoms with Crippen molar-refractivity contribution in [2.75, 3.05) is 13.2 Å². The lowest BCUT2D eigenvalue weighted by Gasteiger charge is -2.17. The van der Waals surface area contributed by atoms with Crippen LogP contribution in [0.4, 0.5) is 0 Å². The van der Waals surface area contributed by atoms with Gasteiger partial charge in [-0.3, -0.25) is 4.79 Å². The number of carboxylic acid groups (broad SMARTS) is 1. The zero-order chi connectivity index (χ0) is 17.2. The van der Waals surface area contributed by atoms with Gasteiger partial charge in [0.15, 0.2) is 6.61 Å². The maximum Gasteiger partial charge on any atom is 0.341 e. The van der Waals surface area contributed by atoms with Crippen LogP contribution >= 0.6 is 0 Å². The van der Waals surface area contributed by atoms with Gasteiger partial charge in [-0.2, -0.15) is 0 Å². The quantitative estimate of drug-likeness (QED) is 0.867. The van der Waals surface area contributed by atoms with Gasteiger partial charge in [-0.1, -0.05) is 0 Å². The van der Waals surface area contributed by atoms with Crippen LogP contribution in [0.15, 0.2) is 12.1 Å². The lowest BCUT2D eigenvalue weighted by atomic mass is 10.0. The fraction of sp³-hybridized carbons (Fsp3) is 0.529. The fourth-order valence-electron chi connectivity index (χ4n) is 2.84. The largest absolute Gasteiger partial charge is 0.481 e. The van der Waals surface area contributed by atoms with Crippen molar-refractivity contribution in [1.29, 1.82) is 0 Å². The summed E-state index contributed by atoms with van der Waals surface area (Å²) < 4.78 is 10.9. The van der Waals surface area contributed by atoms with Gasteiger partial charge in [-0.05, 0) is 57.4 Å². The van der Waals surface area contributed by atoms with Crippen molar-refractivity contribution in [2.45, 2.75) is 45.8 Å². The number of ether oxygens (including phenoxy) is 2. The Kier molecular flexibility index (Phi) is 4.94. The number of rotatable bonds is 5. The van der Waals surface area contributed by atoms with E-state index in [1.807, 2.05) is 13.8 Å². The molecule has 126 valence electrons. The van der Waals surface area contributed by atoms with Crippen LogP contribution in [0, 0.1) is 13.8 Å². The van der Waals surface area contributed by atoms with Crippen LogP contribution in [-0.4, -0.2) is 41.8 Å². The molecule has 1 unspecified atom stereocenters. The molecule has 1 fully saturated rings. The number of aryl methyl sites for hydroxylation is 2. The Balaban J connectivity index is 2.08. The first-order chi connectivity index (χ1) is 10.7. The van der Waals surface area contributed by atoms with Crippen molar-refractivity contribution in [3.05, 3.63) is 28.8 Å². The van der Waals surface area contributed by atoms with E-state index < -0.39 is 12.6 Å². The first-order valence-electron chi connectivity index (χ1n) is 7.58. The first-order valence-corrected chi connectivity index (χ1v) is 7.58. The van der Waals surface area contributed by atoms with Crippen LogP contribution in [0.25, 0.3) is 0 Å². The second-order valence-electron chi connectivity index (χ2n) is 6.57. The molecule has 0 bridgehead atoms. The summed E-state index contributed by atoms with van der Waals surface area (Å²) in [6, 6.07) is 3.42. The highest BCUT2D eigenvalue weighted by molar-refractivity contribution is 5.95. The summed E-state index contributed by atoms with van der Waals surface area (Å²) in [4.78, 5) is 23.0. The van der Waals surface area contributed by atoms with E-state index in [0.717, 1.165) is 17.5 Å². The predicted octanol–water partition coefficient (Wildman–Crippen LogP) is 2.06. The number of benzene rings is 1. The minimum atomic E-state index is -1.03. The summed E-state index contributed by atoms with van der Waals surface area (Å²) >= 11 is 0. The number of hydrogen-bond acceptors (Lipinski definition) is 4. The Morgan fingerprint density at radius 1 is 1.35 bits per heavy atom. The van der Waals surface area contributed by atoms with E-state index in [-0.39, 0.29) is 17.6 Å². The highest BCUT2D eigenvalue weighted by Gasteiger charge is 2.32. The number of carboxylic acids is 1. The van der Waals surface area contributed by atoms with Crippen LogP contribution in [0.2, 0.25) is 0 Å². The average Bonchev–Trinajstić information content (AvgIpc) is 2.76. The lowest BCUT2D eigenvalue weighted by molar-refractivity contribution is -0.139. The molecule has 0 aliphatic carbocycles. The molecule has 0 spiro atoms. The molecule has 6 heteroatoms. The summed E-state index contributed by atoms with van der Waals surface area (Å²) in [6.07, 6.45) is 0.774. The molecule has 1 aliphatic rings. The minimum absolute atomic E-state index is 0.000971. The van der Waals surface area contributed by atoms with Crippen molar-refractivity contribution < 1.29 is 24.2 Å². The second kappa shape index (κ2) is 6.58. The first kappa shape index (κ1) is 17.3. The minimum Gasteiger partial charge on any atom is -0.481 e. The van der Waals surface area contributed by atoms with Crippen molar-refractivity contribution in [3.63, 3.8) is 0 Å². The van der Waals surface area contributed by atoms with Gasteiger partial charge in [0.25, 0.3) is 5.91 Å². The summed E-state index contributed by atoms with van der Waals surface area (Å²) in [7, 11) is 0. The van der Waals surface area contributed by atoms with E-state index in [2.05, 4.69) is 5.32 Å².